The van der Waals surface area contributed by atoms with E-state index in [-0.39, 0.29) is 17.7 Å². The zero-order valence-electron chi connectivity index (χ0n) is 13.7. The molecule has 1 aliphatic rings. The van der Waals surface area contributed by atoms with Gasteiger partial charge < -0.3 is 5.11 Å². The van der Waals surface area contributed by atoms with E-state index in [1.54, 1.807) is 18.3 Å². The first-order chi connectivity index (χ1) is 12.1. The predicted octanol–water partition coefficient (Wildman–Crippen LogP) is 4.20. The molecule has 0 bridgehead atoms. The van der Waals surface area contributed by atoms with E-state index in [4.69, 9.17) is 4.99 Å². The molecule has 0 fully saturated rings. The minimum atomic E-state index is 0.0494. The summed E-state index contributed by atoms with van der Waals surface area (Å²) in [5.74, 6) is 1.10. The van der Waals surface area contributed by atoms with Crippen molar-refractivity contribution in [3.63, 3.8) is 0 Å². The highest BCUT2D eigenvalue weighted by atomic mass is 79.9. The molecule has 0 amide bonds. The lowest BCUT2D eigenvalue weighted by atomic mass is 9.86. The Hall–Kier alpha value is -2.53. The SMILES string of the molecule is CC1C(c2ccccc2)=Nc2ncc(Br)c[n+]2C1c1ccc(O)cc1. The van der Waals surface area contributed by atoms with Crippen molar-refractivity contribution in [2.75, 3.05) is 0 Å². The minimum Gasteiger partial charge on any atom is -0.508 e. The Kier molecular flexibility index (Phi) is 4.09. The molecule has 0 saturated heterocycles. The largest absolute Gasteiger partial charge is 0.508 e. The Morgan fingerprint density at radius 3 is 2.48 bits per heavy atom. The Bertz CT molecular complexity index is 939. The van der Waals surface area contributed by atoms with Crippen LogP contribution in [0.2, 0.25) is 0 Å². The topological polar surface area (TPSA) is 49.4 Å². The molecule has 1 N–H and O–H groups in total. The highest BCUT2D eigenvalue weighted by Crippen LogP contribution is 2.32. The molecule has 25 heavy (non-hydrogen) atoms. The fourth-order valence-corrected chi connectivity index (χ4v) is 3.68. The van der Waals surface area contributed by atoms with Crippen LogP contribution in [0.3, 0.4) is 0 Å². The first kappa shape index (κ1) is 16.0. The van der Waals surface area contributed by atoms with Gasteiger partial charge in [-0.3, -0.25) is 0 Å². The summed E-state index contributed by atoms with van der Waals surface area (Å²) in [6.07, 6.45) is 3.78. The number of fused-ring (bicyclic) bond motifs is 1. The lowest BCUT2D eigenvalue weighted by Crippen LogP contribution is -2.49. The van der Waals surface area contributed by atoms with E-state index in [1.807, 2.05) is 36.5 Å². The third-order valence-electron chi connectivity index (χ3n) is 4.53. The number of rotatable bonds is 2. The van der Waals surface area contributed by atoms with Crippen LogP contribution < -0.4 is 4.57 Å². The Balaban J connectivity index is 1.90. The summed E-state index contributed by atoms with van der Waals surface area (Å²) in [7, 11) is 0. The molecule has 2 unspecified atom stereocenters. The van der Waals surface area contributed by atoms with Crippen molar-refractivity contribution in [1.82, 2.24) is 4.98 Å². The zero-order valence-corrected chi connectivity index (χ0v) is 15.3. The number of nitrogens with zero attached hydrogens (tertiary/aromatic N) is 3. The van der Waals surface area contributed by atoms with Crippen LogP contribution in [0.15, 0.2) is 76.5 Å². The fourth-order valence-electron chi connectivity index (χ4n) is 3.36. The second-order valence-corrected chi connectivity index (χ2v) is 7.08. The molecule has 0 spiro atoms. The summed E-state index contributed by atoms with van der Waals surface area (Å²) in [6, 6.07) is 17.6. The molecule has 0 aliphatic carbocycles. The van der Waals surface area contributed by atoms with Crippen molar-refractivity contribution < 1.29 is 9.67 Å². The molecule has 2 atom stereocenters. The fraction of sp³-hybridized carbons (Fsp3) is 0.150. The first-order valence-electron chi connectivity index (χ1n) is 8.13. The van der Waals surface area contributed by atoms with Crippen LogP contribution in [-0.2, 0) is 0 Å². The van der Waals surface area contributed by atoms with E-state index in [2.05, 4.69) is 44.5 Å². The van der Waals surface area contributed by atoms with E-state index in [0.717, 1.165) is 21.3 Å². The molecule has 5 heteroatoms. The van der Waals surface area contributed by atoms with Crippen molar-refractivity contribution in [3.05, 3.63) is 82.6 Å². The van der Waals surface area contributed by atoms with Crippen LogP contribution in [-0.4, -0.2) is 15.8 Å². The smallest absolute Gasteiger partial charge is 0.433 e. The summed E-state index contributed by atoms with van der Waals surface area (Å²) < 4.78 is 3.00. The van der Waals surface area contributed by atoms with Gasteiger partial charge >= 0.3 is 5.95 Å². The molecule has 0 radical (unpaired) electrons. The quantitative estimate of drug-likeness (QED) is 0.662. The molecule has 1 aliphatic heterocycles. The maximum Gasteiger partial charge on any atom is 0.433 e. The standard InChI is InChI=1S/C20H16BrN3O/c1-13-18(14-5-3-2-4-6-14)23-20-22-11-16(21)12-24(20)19(13)15-7-9-17(25)10-8-15/h2-13,19H,1H3/p+1. The van der Waals surface area contributed by atoms with Crippen molar-refractivity contribution in [3.8, 4) is 5.75 Å². The lowest BCUT2D eigenvalue weighted by molar-refractivity contribution is -0.710. The van der Waals surface area contributed by atoms with Crippen molar-refractivity contribution >= 4 is 27.6 Å². The second-order valence-electron chi connectivity index (χ2n) is 6.17. The molecule has 3 aromatic rings. The highest BCUT2D eigenvalue weighted by Gasteiger charge is 2.38. The molecular formula is C20H17BrN3O+. The van der Waals surface area contributed by atoms with Crippen molar-refractivity contribution in [1.29, 1.82) is 0 Å². The summed E-state index contributed by atoms with van der Waals surface area (Å²) in [4.78, 5) is 9.33. The lowest BCUT2D eigenvalue weighted by Gasteiger charge is -2.27. The van der Waals surface area contributed by atoms with Gasteiger partial charge in [-0.05, 0) is 33.6 Å². The van der Waals surface area contributed by atoms with Crippen molar-refractivity contribution in [2.45, 2.75) is 13.0 Å². The highest BCUT2D eigenvalue weighted by molar-refractivity contribution is 9.10. The first-order valence-corrected chi connectivity index (χ1v) is 8.92. The molecular weight excluding hydrogens is 378 g/mol. The van der Waals surface area contributed by atoms with Crippen LogP contribution in [0.4, 0.5) is 5.95 Å². The third-order valence-corrected chi connectivity index (χ3v) is 4.94. The molecule has 2 heterocycles. The third kappa shape index (κ3) is 2.96. The van der Waals surface area contributed by atoms with Gasteiger partial charge in [0.2, 0.25) is 0 Å². The number of halogens is 1. The van der Waals surface area contributed by atoms with Gasteiger partial charge in [0.05, 0.1) is 16.6 Å². The van der Waals surface area contributed by atoms with Crippen LogP contribution in [0, 0.1) is 5.92 Å². The number of hydrogen-bond acceptors (Lipinski definition) is 3. The number of aromatic nitrogens is 2. The zero-order chi connectivity index (χ0) is 17.4. The molecule has 4 rings (SSSR count). The average Bonchev–Trinajstić information content (AvgIpc) is 2.63. The Morgan fingerprint density at radius 1 is 1.04 bits per heavy atom. The van der Waals surface area contributed by atoms with Gasteiger partial charge in [0.1, 0.15) is 23.7 Å². The monoisotopic (exact) mass is 394 g/mol. The molecule has 124 valence electrons. The minimum absolute atomic E-state index is 0.0494. The number of aliphatic imine (C=N–C) groups is 1. The van der Waals surface area contributed by atoms with Gasteiger partial charge in [-0.2, -0.15) is 0 Å². The maximum atomic E-state index is 9.64. The van der Waals surface area contributed by atoms with Gasteiger partial charge in [-0.25, -0.2) is 4.57 Å². The Labute approximate surface area is 154 Å². The van der Waals surface area contributed by atoms with Gasteiger partial charge in [0.15, 0.2) is 0 Å². The van der Waals surface area contributed by atoms with Crippen LogP contribution in [0.1, 0.15) is 24.1 Å². The molecule has 1 aromatic heterocycles. The summed E-state index contributed by atoms with van der Waals surface area (Å²) in [5, 5.41) is 9.64. The van der Waals surface area contributed by atoms with Gasteiger partial charge in [-0.15, -0.1) is 0 Å². The van der Waals surface area contributed by atoms with E-state index in [1.165, 1.54) is 0 Å². The van der Waals surface area contributed by atoms with Crippen LogP contribution in [0.5, 0.6) is 5.75 Å². The number of phenolic OH excluding ortho intramolecular Hbond substituents is 1. The van der Waals surface area contributed by atoms with Crippen LogP contribution in [0.25, 0.3) is 0 Å². The Morgan fingerprint density at radius 2 is 1.76 bits per heavy atom. The number of aromatic hydroxyl groups is 1. The van der Waals surface area contributed by atoms with E-state index < -0.39 is 0 Å². The van der Waals surface area contributed by atoms with Crippen LogP contribution >= 0.6 is 15.9 Å². The number of benzene rings is 2. The normalized spacial score (nSPS) is 19.2. The average molecular weight is 395 g/mol. The summed E-state index contributed by atoms with van der Waals surface area (Å²) in [5.41, 5.74) is 3.24. The molecule has 4 nitrogen and oxygen atoms in total. The summed E-state index contributed by atoms with van der Waals surface area (Å²) in [6.45, 7) is 2.18. The summed E-state index contributed by atoms with van der Waals surface area (Å²) >= 11 is 3.51. The van der Waals surface area contributed by atoms with Gasteiger partial charge in [0, 0.05) is 5.56 Å². The van der Waals surface area contributed by atoms with Crippen molar-refractivity contribution in [2.24, 2.45) is 10.9 Å². The second kappa shape index (κ2) is 6.41. The van der Waals surface area contributed by atoms with Gasteiger partial charge in [0.25, 0.3) is 0 Å². The number of phenols is 1. The maximum absolute atomic E-state index is 9.64. The molecule has 0 saturated carbocycles. The number of hydrogen-bond donors (Lipinski definition) is 1. The predicted molar refractivity (Wildman–Crippen MR) is 100 cm³/mol. The van der Waals surface area contributed by atoms with E-state index >= 15 is 0 Å². The van der Waals surface area contributed by atoms with E-state index in [0.29, 0.717) is 5.95 Å². The van der Waals surface area contributed by atoms with E-state index in [9.17, 15) is 5.11 Å². The van der Waals surface area contributed by atoms with Gasteiger partial charge in [-0.1, -0.05) is 59.4 Å². The molecule has 2 aromatic carbocycles.